The van der Waals surface area contributed by atoms with Crippen molar-refractivity contribution >= 4 is 0 Å². The fourth-order valence-corrected chi connectivity index (χ4v) is 5.91. The van der Waals surface area contributed by atoms with Gasteiger partial charge < -0.3 is 19.9 Å². The van der Waals surface area contributed by atoms with E-state index in [2.05, 4.69) is 136 Å². The minimum atomic E-state index is 0.0968. The molecule has 1 aliphatic rings. The van der Waals surface area contributed by atoms with Crippen LogP contribution in [0.5, 0.6) is 0 Å². The van der Waals surface area contributed by atoms with Gasteiger partial charge in [0.2, 0.25) is 0 Å². The van der Waals surface area contributed by atoms with Gasteiger partial charge in [-0.2, -0.15) is 0 Å². The number of H-pyrrole nitrogens is 2. The number of nitrogens with one attached hydrogen (secondary N) is 3. The summed E-state index contributed by atoms with van der Waals surface area (Å²) in [6.45, 7) is 7.82. The standard InChI is InChI=1S/C36H36N6/c1-36(2,3)28-14-16-29(17-15-28)42-33(26-10-6-24(7-11-26)31-21-37-23-40-31)18-19-34(42)27-12-8-25(9-13-27)32-22-39-35(41-32)30-5-4-20-38-30/h6-19,21-23,30,38H,4-5,20H2,1-3H3,(H,37,40)(H,39,41)/t30-/m0/s1. The molecule has 0 amide bonds. The SMILES string of the molecule is CC(C)(C)c1ccc(-n2c(-c3ccc(-c4cnc[nH]4)cc3)ccc2-c2ccc(-c3cnc([C@@H]4CCCN4)[nH]3)cc2)cc1. The molecule has 210 valence electrons. The Labute approximate surface area is 246 Å². The van der Waals surface area contributed by atoms with Gasteiger partial charge in [-0.3, -0.25) is 0 Å². The van der Waals surface area contributed by atoms with Gasteiger partial charge in [0.25, 0.3) is 0 Å². The highest BCUT2D eigenvalue weighted by molar-refractivity contribution is 5.76. The molecule has 1 fully saturated rings. The first-order chi connectivity index (χ1) is 20.4. The van der Waals surface area contributed by atoms with Crippen LogP contribution in [-0.4, -0.2) is 31.0 Å². The highest BCUT2D eigenvalue weighted by Gasteiger charge is 2.20. The second-order valence-corrected chi connectivity index (χ2v) is 12.2. The third-order valence-electron chi connectivity index (χ3n) is 8.34. The van der Waals surface area contributed by atoms with Gasteiger partial charge in [0, 0.05) is 5.69 Å². The van der Waals surface area contributed by atoms with Crippen LogP contribution in [0.2, 0.25) is 0 Å². The van der Waals surface area contributed by atoms with E-state index < -0.39 is 0 Å². The first-order valence-electron chi connectivity index (χ1n) is 14.7. The molecule has 0 radical (unpaired) electrons. The van der Waals surface area contributed by atoms with Crippen molar-refractivity contribution in [3.63, 3.8) is 0 Å². The van der Waals surface area contributed by atoms with Crippen LogP contribution in [-0.2, 0) is 5.41 Å². The monoisotopic (exact) mass is 552 g/mol. The van der Waals surface area contributed by atoms with E-state index in [1.54, 1.807) is 6.33 Å². The molecule has 0 saturated carbocycles. The summed E-state index contributed by atoms with van der Waals surface area (Å²) in [5.74, 6) is 1.03. The van der Waals surface area contributed by atoms with Gasteiger partial charge in [0.05, 0.1) is 47.5 Å². The topological polar surface area (TPSA) is 74.3 Å². The van der Waals surface area contributed by atoms with Gasteiger partial charge in [-0.05, 0) is 76.9 Å². The summed E-state index contributed by atoms with van der Waals surface area (Å²) < 4.78 is 2.37. The molecule has 1 atom stereocenters. The Kier molecular flexibility index (Phi) is 6.63. The van der Waals surface area contributed by atoms with Crippen molar-refractivity contribution in [1.82, 2.24) is 29.8 Å². The minimum Gasteiger partial charge on any atom is -0.345 e. The normalized spacial score (nSPS) is 15.4. The predicted octanol–water partition coefficient (Wildman–Crippen LogP) is 8.31. The Bertz CT molecular complexity index is 1780. The van der Waals surface area contributed by atoms with Crippen LogP contribution in [0.1, 0.15) is 51.0 Å². The molecule has 6 aromatic rings. The third-order valence-corrected chi connectivity index (χ3v) is 8.34. The Morgan fingerprint density at radius 3 is 1.88 bits per heavy atom. The van der Waals surface area contributed by atoms with Crippen LogP contribution >= 0.6 is 0 Å². The molecular formula is C36H36N6. The number of rotatable bonds is 6. The van der Waals surface area contributed by atoms with Crippen molar-refractivity contribution in [2.75, 3.05) is 6.54 Å². The lowest BCUT2D eigenvalue weighted by atomic mass is 9.87. The van der Waals surface area contributed by atoms with Crippen LogP contribution in [0, 0.1) is 0 Å². The fourth-order valence-electron chi connectivity index (χ4n) is 5.91. The number of hydrogen-bond donors (Lipinski definition) is 3. The van der Waals surface area contributed by atoms with Crippen molar-refractivity contribution < 1.29 is 0 Å². The van der Waals surface area contributed by atoms with Crippen molar-refractivity contribution in [1.29, 1.82) is 0 Å². The Hall–Kier alpha value is -4.68. The fraction of sp³-hybridized carbons (Fsp3) is 0.222. The van der Waals surface area contributed by atoms with Crippen LogP contribution < -0.4 is 5.32 Å². The van der Waals surface area contributed by atoms with Gasteiger partial charge in [0.15, 0.2) is 0 Å². The lowest BCUT2D eigenvalue weighted by Crippen LogP contribution is -2.14. The molecule has 4 heterocycles. The smallest absolute Gasteiger partial charge is 0.123 e. The summed E-state index contributed by atoms with van der Waals surface area (Å²) in [6, 6.07) is 31.2. The number of aromatic amines is 2. The van der Waals surface area contributed by atoms with E-state index in [1.807, 2.05) is 12.4 Å². The van der Waals surface area contributed by atoms with Crippen molar-refractivity contribution in [2.45, 2.75) is 45.1 Å². The minimum absolute atomic E-state index is 0.0968. The summed E-state index contributed by atoms with van der Waals surface area (Å²) in [7, 11) is 0. The second-order valence-electron chi connectivity index (χ2n) is 12.2. The van der Waals surface area contributed by atoms with Gasteiger partial charge in [0.1, 0.15) is 5.82 Å². The van der Waals surface area contributed by atoms with Gasteiger partial charge in [-0.1, -0.05) is 81.4 Å². The van der Waals surface area contributed by atoms with Crippen LogP contribution in [0.25, 0.3) is 50.7 Å². The van der Waals surface area contributed by atoms with Crippen molar-refractivity contribution in [2.24, 2.45) is 0 Å². The number of hydrogen-bond acceptors (Lipinski definition) is 3. The summed E-state index contributed by atoms with van der Waals surface area (Å²) in [5.41, 5.74) is 11.5. The van der Waals surface area contributed by atoms with Gasteiger partial charge in [-0.15, -0.1) is 0 Å². The molecule has 0 aliphatic carbocycles. The maximum absolute atomic E-state index is 4.66. The average molecular weight is 553 g/mol. The van der Waals surface area contributed by atoms with E-state index in [0.29, 0.717) is 6.04 Å². The maximum Gasteiger partial charge on any atom is 0.123 e. The summed E-state index contributed by atoms with van der Waals surface area (Å²) in [5, 5.41) is 3.53. The van der Waals surface area contributed by atoms with Gasteiger partial charge >= 0.3 is 0 Å². The average Bonchev–Trinajstić information content (AvgIpc) is 3.84. The lowest BCUT2D eigenvalue weighted by molar-refractivity contribution is 0.590. The molecule has 6 heteroatoms. The Morgan fingerprint density at radius 2 is 1.33 bits per heavy atom. The third kappa shape index (κ3) is 4.99. The zero-order valence-corrected chi connectivity index (χ0v) is 24.4. The molecular weight excluding hydrogens is 516 g/mol. The molecule has 1 aliphatic heterocycles. The van der Waals surface area contributed by atoms with E-state index in [9.17, 15) is 0 Å². The summed E-state index contributed by atoms with van der Waals surface area (Å²) >= 11 is 0. The molecule has 0 unspecified atom stereocenters. The highest BCUT2D eigenvalue weighted by atomic mass is 15.0. The van der Waals surface area contributed by atoms with Gasteiger partial charge in [-0.25, -0.2) is 9.97 Å². The van der Waals surface area contributed by atoms with Crippen molar-refractivity contribution in [3.05, 3.63) is 115 Å². The van der Waals surface area contributed by atoms with Crippen LogP contribution in [0.4, 0.5) is 0 Å². The zero-order chi connectivity index (χ0) is 28.7. The molecule has 0 spiro atoms. The molecule has 0 bridgehead atoms. The number of nitrogens with zero attached hydrogens (tertiary/aromatic N) is 3. The highest BCUT2D eigenvalue weighted by Crippen LogP contribution is 2.35. The van der Waals surface area contributed by atoms with Crippen LogP contribution in [0.3, 0.4) is 0 Å². The number of benzene rings is 3. The number of imidazole rings is 2. The van der Waals surface area contributed by atoms with E-state index in [4.69, 9.17) is 0 Å². The molecule has 3 aromatic carbocycles. The molecule has 3 N–H and O–H groups in total. The van der Waals surface area contributed by atoms with E-state index >= 15 is 0 Å². The summed E-state index contributed by atoms with van der Waals surface area (Å²) in [4.78, 5) is 15.6. The largest absolute Gasteiger partial charge is 0.345 e. The molecule has 1 saturated heterocycles. The molecule has 3 aromatic heterocycles. The molecule has 7 rings (SSSR count). The Morgan fingerprint density at radius 1 is 0.714 bits per heavy atom. The quantitative estimate of drug-likeness (QED) is 0.194. The van der Waals surface area contributed by atoms with E-state index in [0.717, 1.165) is 69.5 Å². The van der Waals surface area contributed by atoms with Crippen molar-refractivity contribution in [3.8, 4) is 50.7 Å². The maximum atomic E-state index is 4.66. The number of aromatic nitrogens is 5. The Balaban J connectivity index is 1.26. The summed E-state index contributed by atoms with van der Waals surface area (Å²) in [6.07, 6.45) is 7.85. The van der Waals surface area contributed by atoms with Crippen LogP contribution in [0.15, 0.2) is 104 Å². The van der Waals surface area contributed by atoms with E-state index in [-0.39, 0.29) is 5.41 Å². The second kappa shape index (κ2) is 10.6. The lowest BCUT2D eigenvalue weighted by Gasteiger charge is -2.20. The molecule has 6 nitrogen and oxygen atoms in total. The predicted molar refractivity (Wildman–Crippen MR) is 170 cm³/mol. The first-order valence-corrected chi connectivity index (χ1v) is 14.7. The first kappa shape index (κ1) is 26.2. The van der Waals surface area contributed by atoms with E-state index in [1.165, 1.54) is 12.0 Å². The zero-order valence-electron chi connectivity index (χ0n) is 24.4. The molecule has 42 heavy (non-hydrogen) atoms.